The molecule has 8 heteroatoms. The van der Waals surface area contributed by atoms with E-state index in [0.29, 0.717) is 27.2 Å². The van der Waals surface area contributed by atoms with Crippen LogP contribution >= 0.6 is 91.6 Å². The molecule has 1 aromatic carbocycles. The van der Waals surface area contributed by atoms with E-state index in [4.69, 9.17) is 46.4 Å². The Bertz CT molecular complexity index is 807. The van der Waals surface area contributed by atoms with E-state index in [1.807, 2.05) is 69.4 Å². The summed E-state index contributed by atoms with van der Waals surface area (Å²) in [6.45, 7) is 0. The fraction of sp³-hybridized carbons (Fsp3) is 0. The summed E-state index contributed by atoms with van der Waals surface area (Å²) in [7, 11) is 0. The number of hydrogen-bond donors (Lipinski definition) is 0. The Balaban J connectivity index is 0.000000190. The van der Waals surface area contributed by atoms with Crippen molar-refractivity contribution in [1.82, 2.24) is 9.97 Å². The first-order valence-corrected chi connectivity index (χ1v) is 10.6. The van der Waals surface area contributed by atoms with Gasteiger partial charge in [-0.1, -0.05) is 58.2 Å². The summed E-state index contributed by atoms with van der Waals surface area (Å²) in [4.78, 5) is 7.85. The average molecular weight is 648 g/mol. The number of pyridine rings is 2. The molecule has 2 aromatic heterocycles. The molecular weight excluding hydrogens is 640 g/mol. The van der Waals surface area contributed by atoms with Crippen LogP contribution < -0.4 is 0 Å². The molecule has 0 aliphatic rings. The molecule has 0 N–H and O–H groups in total. The van der Waals surface area contributed by atoms with E-state index in [1.54, 1.807) is 24.8 Å². The Morgan fingerprint density at radius 1 is 0.577 bits per heavy atom. The second kappa shape index (κ2) is 10.9. The number of hydrogen-bond acceptors (Lipinski definition) is 2. The molecule has 0 saturated carbocycles. The largest absolute Gasteiger partial charge is 0.265 e. The van der Waals surface area contributed by atoms with Crippen molar-refractivity contribution in [3.63, 3.8) is 0 Å². The van der Waals surface area contributed by atoms with Gasteiger partial charge in [-0.05, 0) is 69.4 Å². The molecule has 0 saturated heterocycles. The molecule has 0 fully saturated rings. The van der Waals surface area contributed by atoms with Gasteiger partial charge in [0.2, 0.25) is 0 Å². The number of nitrogens with zero attached hydrogens (tertiary/aromatic N) is 2. The van der Waals surface area contributed by atoms with Gasteiger partial charge in [-0.25, -0.2) is 0 Å². The van der Waals surface area contributed by atoms with Crippen LogP contribution in [0.25, 0.3) is 0 Å². The first-order valence-electron chi connectivity index (χ1n) is 6.90. The molecule has 0 amide bonds. The molecule has 0 atom stereocenters. The Hall–Kier alpha value is -0.300. The van der Waals surface area contributed by atoms with Crippen LogP contribution in [0.4, 0.5) is 0 Å². The van der Waals surface area contributed by atoms with E-state index in [9.17, 15) is 0 Å². The van der Waals surface area contributed by atoms with Crippen molar-refractivity contribution in [1.29, 1.82) is 0 Å². The number of halogens is 6. The lowest BCUT2D eigenvalue weighted by Gasteiger charge is -2.06. The lowest BCUT2D eigenvalue weighted by Crippen LogP contribution is -1.86. The maximum atomic E-state index is 5.87. The van der Waals surface area contributed by atoms with Crippen LogP contribution in [0, 0.1) is 19.0 Å². The fourth-order valence-electron chi connectivity index (χ4n) is 1.59. The van der Waals surface area contributed by atoms with Gasteiger partial charge in [0, 0.05) is 35.9 Å². The first-order chi connectivity index (χ1) is 12.4. The molecule has 0 aliphatic carbocycles. The zero-order chi connectivity index (χ0) is 19.1. The van der Waals surface area contributed by atoms with Crippen molar-refractivity contribution in [2.24, 2.45) is 0 Å². The predicted octanol–water partition coefficient (Wildman–Crippen LogP) is 7.39. The molecule has 2 nitrogen and oxygen atoms in total. The van der Waals surface area contributed by atoms with Crippen molar-refractivity contribution >= 4 is 91.6 Å². The van der Waals surface area contributed by atoms with E-state index in [-0.39, 0.29) is 0 Å². The second-order valence-corrected chi connectivity index (χ2v) is 8.28. The quantitative estimate of drug-likeness (QED) is 0.110. The third-order valence-electron chi connectivity index (χ3n) is 2.87. The van der Waals surface area contributed by atoms with Gasteiger partial charge in [0.15, 0.2) is 0 Å². The van der Waals surface area contributed by atoms with E-state index in [0.717, 1.165) is 11.1 Å². The van der Waals surface area contributed by atoms with Crippen molar-refractivity contribution in [2.45, 2.75) is 0 Å². The van der Waals surface area contributed by atoms with Crippen molar-refractivity contribution in [3.8, 4) is 11.8 Å². The van der Waals surface area contributed by atoms with E-state index in [1.165, 1.54) is 0 Å². The molecule has 3 aromatic rings. The summed E-state index contributed by atoms with van der Waals surface area (Å²) >= 11 is 27.5. The second-order valence-electron chi connectivity index (χ2n) is 4.61. The highest BCUT2D eigenvalue weighted by Gasteiger charge is 2.16. The van der Waals surface area contributed by atoms with Gasteiger partial charge in [-0.15, -0.1) is 0 Å². The zero-order valence-electron chi connectivity index (χ0n) is 12.8. The van der Waals surface area contributed by atoms with Gasteiger partial charge >= 0.3 is 0 Å². The average Bonchev–Trinajstić information content (AvgIpc) is 2.70. The van der Waals surface area contributed by atoms with Gasteiger partial charge in [0.1, 0.15) is 0 Å². The summed E-state index contributed by atoms with van der Waals surface area (Å²) in [5.74, 6) is 6.09. The third-order valence-corrected chi connectivity index (χ3v) is 8.01. The molecule has 0 unspecified atom stereocenters. The highest BCUT2D eigenvalue weighted by Crippen LogP contribution is 2.41. The maximum Gasteiger partial charge on any atom is 0.0752 e. The van der Waals surface area contributed by atoms with E-state index < -0.39 is 0 Å². The van der Waals surface area contributed by atoms with Crippen LogP contribution in [0.15, 0.2) is 49.1 Å². The smallest absolute Gasteiger partial charge is 0.0752 e. The van der Waals surface area contributed by atoms with Crippen molar-refractivity contribution in [3.05, 3.63) is 87.4 Å². The molecule has 26 heavy (non-hydrogen) atoms. The Morgan fingerprint density at radius 3 is 1.12 bits per heavy atom. The Morgan fingerprint density at radius 2 is 0.846 bits per heavy atom. The van der Waals surface area contributed by atoms with Crippen LogP contribution in [0.5, 0.6) is 0 Å². The number of aromatic nitrogens is 2. The van der Waals surface area contributed by atoms with Gasteiger partial charge in [-0.3, -0.25) is 9.97 Å². The van der Waals surface area contributed by atoms with Crippen molar-refractivity contribution in [2.75, 3.05) is 0 Å². The fourth-order valence-corrected chi connectivity index (χ4v) is 4.16. The standard InChI is InChI=1S/C12H8N2.C6Cl4I2/c1(11-3-7-13-8-4-11)2-12-5-9-14-10-6-12;7-1-2(8)6(12)4(10)3(9)5(1)11/h3-10H;. The number of benzene rings is 1. The molecule has 0 spiro atoms. The van der Waals surface area contributed by atoms with Gasteiger partial charge < -0.3 is 0 Å². The van der Waals surface area contributed by atoms with Crippen LogP contribution in [0.2, 0.25) is 20.1 Å². The van der Waals surface area contributed by atoms with E-state index >= 15 is 0 Å². The summed E-state index contributed by atoms with van der Waals surface area (Å²) in [5.41, 5.74) is 1.94. The van der Waals surface area contributed by atoms with Gasteiger partial charge in [-0.2, -0.15) is 0 Å². The minimum Gasteiger partial charge on any atom is -0.265 e. The predicted molar refractivity (Wildman–Crippen MR) is 126 cm³/mol. The Labute approximate surface area is 198 Å². The summed E-state index contributed by atoms with van der Waals surface area (Å²) in [6, 6.07) is 7.53. The highest BCUT2D eigenvalue weighted by atomic mass is 127. The lowest BCUT2D eigenvalue weighted by atomic mass is 10.2. The molecular formula is C18H8Cl4I2N2. The third kappa shape index (κ3) is 6.11. The van der Waals surface area contributed by atoms with Gasteiger partial charge in [0.05, 0.1) is 27.2 Å². The van der Waals surface area contributed by atoms with Crippen LogP contribution in [0.1, 0.15) is 11.1 Å². The minimum atomic E-state index is 0.455. The van der Waals surface area contributed by atoms with Gasteiger partial charge in [0.25, 0.3) is 0 Å². The van der Waals surface area contributed by atoms with Crippen molar-refractivity contribution < 1.29 is 0 Å². The molecule has 132 valence electrons. The SMILES string of the molecule is C(#Cc1ccncc1)c1ccncc1.Clc1c(Cl)c(I)c(Cl)c(Cl)c1I. The summed E-state index contributed by atoms with van der Waals surface area (Å²) < 4.78 is 1.37. The van der Waals surface area contributed by atoms with E-state index in [2.05, 4.69) is 21.8 Å². The van der Waals surface area contributed by atoms with Crippen LogP contribution in [-0.4, -0.2) is 9.97 Å². The molecule has 0 radical (unpaired) electrons. The monoisotopic (exact) mass is 646 g/mol. The molecule has 0 aliphatic heterocycles. The van der Waals surface area contributed by atoms with Crippen LogP contribution in [0.3, 0.4) is 0 Å². The highest BCUT2D eigenvalue weighted by molar-refractivity contribution is 14.1. The summed E-state index contributed by atoms with van der Waals surface area (Å²) in [5, 5.41) is 1.82. The maximum absolute atomic E-state index is 5.87. The first kappa shape index (κ1) is 22.0. The normalized spacial score (nSPS) is 9.62. The van der Waals surface area contributed by atoms with Crippen LogP contribution in [-0.2, 0) is 0 Å². The zero-order valence-corrected chi connectivity index (χ0v) is 20.1. The topological polar surface area (TPSA) is 25.8 Å². The number of rotatable bonds is 0. The summed E-state index contributed by atoms with van der Waals surface area (Å²) in [6.07, 6.45) is 6.93. The molecule has 3 rings (SSSR count). The molecule has 2 heterocycles. The minimum absolute atomic E-state index is 0.455. The Kier molecular flexibility index (Phi) is 9.21. The molecule has 0 bridgehead atoms. The lowest BCUT2D eigenvalue weighted by molar-refractivity contribution is 1.32.